The van der Waals surface area contributed by atoms with Gasteiger partial charge in [0, 0.05) is 6.07 Å². The van der Waals surface area contributed by atoms with Crippen LogP contribution in [0.2, 0.25) is 0 Å². The van der Waals surface area contributed by atoms with Crippen LogP contribution in [-0.2, 0) is 10.2 Å². The van der Waals surface area contributed by atoms with Gasteiger partial charge in [-0.25, -0.2) is 0 Å². The monoisotopic (exact) mass is 238 g/mol. The summed E-state index contributed by atoms with van der Waals surface area (Å²) < 4.78 is 0. The number of nitrogen functional groups attached to an aromatic ring is 1. The van der Waals surface area contributed by atoms with Gasteiger partial charge in [-0.15, -0.1) is 0 Å². The Bertz CT molecular complexity index is 473. The first-order valence-corrected chi connectivity index (χ1v) is 5.11. The molecule has 0 heterocycles. The molecular weight excluding hydrogens is 224 g/mol. The molecule has 0 aliphatic carbocycles. The summed E-state index contributed by atoms with van der Waals surface area (Å²) in [4.78, 5) is 21.4. The lowest BCUT2D eigenvalue weighted by Crippen LogP contribution is -2.32. The SMILES string of the molecule is CCC(C)(C(=O)O)c1cccc([N+](=O)[O-])c1N. The number of nitro groups is 1. The van der Waals surface area contributed by atoms with Crippen molar-refractivity contribution in [1.29, 1.82) is 0 Å². The molecule has 0 spiro atoms. The molecule has 0 aliphatic rings. The van der Waals surface area contributed by atoms with Gasteiger partial charge >= 0.3 is 5.97 Å². The van der Waals surface area contributed by atoms with Crippen molar-refractivity contribution in [3.8, 4) is 0 Å². The molecule has 17 heavy (non-hydrogen) atoms. The number of nitro benzene ring substituents is 1. The average Bonchev–Trinajstić information content (AvgIpc) is 2.27. The van der Waals surface area contributed by atoms with Gasteiger partial charge in [0.15, 0.2) is 0 Å². The standard InChI is InChI=1S/C11H14N2O4/c1-3-11(2,10(14)15)7-5-4-6-8(9(7)12)13(16)17/h4-6H,3,12H2,1-2H3,(H,14,15). The Morgan fingerprint density at radius 2 is 2.18 bits per heavy atom. The van der Waals surface area contributed by atoms with Crippen molar-refractivity contribution >= 4 is 17.3 Å². The van der Waals surface area contributed by atoms with Crippen LogP contribution in [0.25, 0.3) is 0 Å². The number of hydrogen-bond acceptors (Lipinski definition) is 4. The third kappa shape index (κ3) is 2.06. The van der Waals surface area contributed by atoms with E-state index in [2.05, 4.69) is 0 Å². The molecule has 0 aromatic heterocycles. The van der Waals surface area contributed by atoms with Gasteiger partial charge in [0.1, 0.15) is 5.69 Å². The molecule has 0 saturated heterocycles. The molecule has 0 aliphatic heterocycles. The minimum absolute atomic E-state index is 0.0794. The van der Waals surface area contributed by atoms with Crippen molar-refractivity contribution in [3.05, 3.63) is 33.9 Å². The van der Waals surface area contributed by atoms with Crippen LogP contribution < -0.4 is 5.73 Å². The van der Waals surface area contributed by atoms with Crippen molar-refractivity contribution in [2.24, 2.45) is 0 Å². The molecule has 0 fully saturated rings. The van der Waals surface area contributed by atoms with Crippen LogP contribution in [0.1, 0.15) is 25.8 Å². The van der Waals surface area contributed by atoms with Crippen LogP contribution in [0.3, 0.4) is 0 Å². The number of carboxylic acid groups (broad SMARTS) is 1. The lowest BCUT2D eigenvalue weighted by molar-refractivity contribution is -0.384. The molecule has 6 nitrogen and oxygen atoms in total. The summed E-state index contributed by atoms with van der Waals surface area (Å²) in [6, 6.07) is 4.22. The predicted molar refractivity (Wildman–Crippen MR) is 62.8 cm³/mol. The second-order valence-electron chi connectivity index (χ2n) is 3.99. The minimum Gasteiger partial charge on any atom is -0.481 e. The lowest BCUT2D eigenvalue weighted by atomic mass is 9.79. The van der Waals surface area contributed by atoms with E-state index in [1.54, 1.807) is 6.92 Å². The molecule has 1 atom stereocenters. The molecule has 1 unspecified atom stereocenters. The van der Waals surface area contributed by atoms with Crippen molar-refractivity contribution < 1.29 is 14.8 Å². The highest BCUT2D eigenvalue weighted by molar-refractivity contribution is 5.84. The highest BCUT2D eigenvalue weighted by atomic mass is 16.6. The zero-order chi connectivity index (χ0) is 13.2. The predicted octanol–water partition coefficient (Wildman–Crippen LogP) is 1.93. The van der Waals surface area contributed by atoms with E-state index in [0.29, 0.717) is 6.42 Å². The number of nitrogens with zero attached hydrogens (tertiary/aromatic N) is 1. The number of anilines is 1. The molecule has 1 aromatic rings. The van der Waals surface area contributed by atoms with Crippen LogP contribution in [0.5, 0.6) is 0 Å². The first-order chi connectivity index (χ1) is 7.84. The molecular formula is C11H14N2O4. The largest absolute Gasteiger partial charge is 0.481 e. The van der Waals surface area contributed by atoms with E-state index in [1.165, 1.54) is 25.1 Å². The normalized spacial score (nSPS) is 14.0. The van der Waals surface area contributed by atoms with Crippen molar-refractivity contribution in [2.45, 2.75) is 25.7 Å². The Hall–Kier alpha value is -2.11. The number of rotatable bonds is 4. The first-order valence-electron chi connectivity index (χ1n) is 5.11. The number of benzene rings is 1. The van der Waals surface area contributed by atoms with Gasteiger partial charge in [0.05, 0.1) is 10.3 Å². The zero-order valence-electron chi connectivity index (χ0n) is 9.64. The van der Waals surface area contributed by atoms with Gasteiger partial charge in [0.25, 0.3) is 5.69 Å². The van der Waals surface area contributed by atoms with E-state index in [0.717, 1.165) is 0 Å². The molecule has 3 N–H and O–H groups in total. The summed E-state index contributed by atoms with van der Waals surface area (Å²) in [5.74, 6) is -1.05. The summed E-state index contributed by atoms with van der Waals surface area (Å²) in [5.41, 5.74) is 4.41. The Morgan fingerprint density at radius 3 is 2.59 bits per heavy atom. The van der Waals surface area contributed by atoms with Crippen molar-refractivity contribution in [3.63, 3.8) is 0 Å². The van der Waals surface area contributed by atoms with E-state index in [1.807, 2.05) is 0 Å². The van der Waals surface area contributed by atoms with Crippen LogP contribution in [-0.4, -0.2) is 16.0 Å². The topological polar surface area (TPSA) is 106 Å². The number of carboxylic acids is 1. The second-order valence-corrected chi connectivity index (χ2v) is 3.99. The minimum atomic E-state index is -1.21. The highest BCUT2D eigenvalue weighted by Gasteiger charge is 2.36. The number of aliphatic carboxylic acids is 1. The summed E-state index contributed by atoms with van der Waals surface area (Å²) in [5, 5.41) is 20.0. The van der Waals surface area contributed by atoms with Gasteiger partial charge in [-0.1, -0.05) is 19.1 Å². The first kappa shape index (κ1) is 13.0. The fourth-order valence-corrected chi connectivity index (χ4v) is 1.65. The molecule has 92 valence electrons. The molecule has 6 heteroatoms. The highest BCUT2D eigenvalue weighted by Crippen LogP contribution is 2.36. The van der Waals surface area contributed by atoms with E-state index in [9.17, 15) is 20.0 Å². The van der Waals surface area contributed by atoms with E-state index in [-0.39, 0.29) is 16.9 Å². The summed E-state index contributed by atoms with van der Waals surface area (Å²) in [6.07, 6.45) is 0.299. The Kier molecular flexibility index (Phi) is 3.36. The summed E-state index contributed by atoms with van der Waals surface area (Å²) in [6.45, 7) is 3.21. The maximum absolute atomic E-state index is 11.3. The summed E-state index contributed by atoms with van der Waals surface area (Å²) in [7, 11) is 0. The molecule has 1 rings (SSSR count). The van der Waals surface area contributed by atoms with E-state index >= 15 is 0 Å². The van der Waals surface area contributed by atoms with Gasteiger partial charge in [0.2, 0.25) is 0 Å². The van der Waals surface area contributed by atoms with E-state index < -0.39 is 16.3 Å². The van der Waals surface area contributed by atoms with Gasteiger partial charge in [-0.05, 0) is 18.9 Å². The quantitative estimate of drug-likeness (QED) is 0.473. The fourth-order valence-electron chi connectivity index (χ4n) is 1.65. The maximum Gasteiger partial charge on any atom is 0.313 e. The van der Waals surface area contributed by atoms with Crippen LogP contribution in [0.15, 0.2) is 18.2 Å². The molecule has 0 saturated carbocycles. The number of para-hydroxylation sites is 1. The fraction of sp³-hybridized carbons (Fsp3) is 0.364. The second kappa shape index (κ2) is 4.40. The number of hydrogen-bond donors (Lipinski definition) is 2. The number of carbonyl (C=O) groups is 1. The van der Waals surface area contributed by atoms with Crippen LogP contribution in [0.4, 0.5) is 11.4 Å². The van der Waals surface area contributed by atoms with Crippen LogP contribution >= 0.6 is 0 Å². The Labute approximate surface area is 98.2 Å². The third-order valence-electron chi connectivity index (χ3n) is 3.05. The zero-order valence-corrected chi connectivity index (χ0v) is 9.64. The molecule has 0 bridgehead atoms. The van der Waals surface area contributed by atoms with Gasteiger partial charge < -0.3 is 10.8 Å². The molecule has 1 aromatic carbocycles. The Balaban J connectivity index is 3.46. The third-order valence-corrected chi connectivity index (χ3v) is 3.05. The average molecular weight is 238 g/mol. The van der Waals surface area contributed by atoms with E-state index in [4.69, 9.17) is 5.73 Å². The molecule has 0 radical (unpaired) electrons. The number of nitrogens with two attached hydrogens (primary N) is 1. The van der Waals surface area contributed by atoms with Gasteiger partial charge in [-0.2, -0.15) is 0 Å². The van der Waals surface area contributed by atoms with Crippen LogP contribution in [0, 0.1) is 10.1 Å². The van der Waals surface area contributed by atoms with Crippen molar-refractivity contribution in [1.82, 2.24) is 0 Å². The molecule has 0 amide bonds. The summed E-state index contributed by atoms with van der Waals surface area (Å²) >= 11 is 0. The maximum atomic E-state index is 11.3. The lowest BCUT2D eigenvalue weighted by Gasteiger charge is -2.24. The Morgan fingerprint density at radius 1 is 1.59 bits per heavy atom. The smallest absolute Gasteiger partial charge is 0.313 e. The van der Waals surface area contributed by atoms with Gasteiger partial charge in [-0.3, -0.25) is 14.9 Å². The van der Waals surface area contributed by atoms with Crippen molar-refractivity contribution in [2.75, 3.05) is 5.73 Å².